The Balaban J connectivity index is 2.43. The summed E-state index contributed by atoms with van der Waals surface area (Å²) >= 11 is 1.66. The third kappa shape index (κ3) is 3.55. The van der Waals surface area contributed by atoms with Gasteiger partial charge in [-0.15, -0.1) is 11.3 Å². The Labute approximate surface area is 95.6 Å². The summed E-state index contributed by atoms with van der Waals surface area (Å²) in [5.74, 6) is 0.298. The standard InChI is InChI=1S/C11H20N2OS/c1-7(2)10(14)5-12-8(3)11-9(4)13-6-15-11/h6-8,10,12,14H,5H2,1-4H3. The molecule has 2 unspecified atom stereocenters. The molecule has 3 nitrogen and oxygen atoms in total. The van der Waals surface area contributed by atoms with Crippen molar-refractivity contribution in [3.63, 3.8) is 0 Å². The van der Waals surface area contributed by atoms with Crippen molar-refractivity contribution in [1.82, 2.24) is 10.3 Å². The maximum atomic E-state index is 9.67. The van der Waals surface area contributed by atoms with Crippen LogP contribution in [0.1, 0.15) is 37.4 Å². The van der Waals surface area contributed by atoms with E-state index in [1.807, 2.05) is 26.3 Å². The summed E-state index contributed by atoms with van der Waals surface area (Å²) in [6.07, 6.45) is -0.277. The van der Waals surface area contributed by atoms with E-state index in [-0.39, 0.29) is 12.1 Å². The van der Waals surface area contributed by atoms with E-state index in [0.29, 0.717) is 12.5 Å². The van der Waals surface area contributed by atoms with Crippen molar-refractivity contribution in [3.05, 3.63) is 16.1 Å². The van der Waals surface area contributed by atoms with E-state index in [4.69, 9.17) is 0 Å². The fourth-order valence-electron chi connectivity index (χ4n) is 1.35. The van der Waals surface area contributed by atoms with Crippen molar-refractivity contribution in [2.24, 2.45) is 5.92 Å². The first kappa shape index (κ1) is 12.6. The smallest absolute Gasteiger partial charge is 0.0798 e. The zero-order chi connectivity index (χ0) is 11.4. The van der Waals surface area contributed by atoms with Crippen LogP contribution in [0.15, 0.2) is 5.51 Å². The maximum Gasteiger partial charge on any atom is 0.0798 e. The highest BCUT2D eigenvalue weighted by Gasteiger charge is 2.14. The van der Waals surface area contributed by atoms with Gasteiger partial charge in [-0.3, -0.25) is 0 Å². The monoisotopic (exact) mass is 228 g/mol. The van der Waals surface area contributed by atoms with Gasteiger partial charge in [0.2, 0.25) is 0 Å². The fourth-order valence-corrected chi connectivity index (χ4v) is 2.19. The van der Waals surface area contributed by atoms with E-state index in [1.165, 1.54) is 4.88 Å². The zero-order valence-electron chi connectivity index (χ0n) is 9.82. The number of aryl methyl sites for hydroxylation is 1. The quantitative estimate of drug-likeness (QED) is 0.811. The summed E-state index contributed by atoms with van der Waals surface area (Å²) in [6, 6.07) is 0.269. The minimum atomic E-state index is -0.277. The molecule has 1 rings (SSSR count). The van der Waals surface area contributed by atoms with E-state index in [2.05, 4.69) is 17.2 Å². The lowest BCUT2D eigenvalue weighted by Crippen LogP contribution is -2.32. The molecule has 1 aromatic rings. The van der Waals surface area contributed by atoms with Crippen LogP contribution in [0.4, 0.5) is 0 Å². The van der Waals surface area contributed by atoms with Crippen molar-refractivity contribution in [2.75, 3.05) is 6.54 Å². The van der Waals surface area contributed by atoms with Crippen LogP contribution in [0, 0.1) is 12.8 Å². The molecule has 0 spiro atoms. The molecule has 0 bridgehead atoms. The summed E-state index contributed by atoms with van der Waals surface area (Å²) in [5.41, 5.74) is 2.95. The first-order valence-electron chi connectivity index (χ1n) is 5.33. The molecule has 4 heteroatoms. The third-order valence-corrected chi connectivity index (χ3v) is 3.69. The largest absolute Gasteiger partial charge is 0.392 e. The summed E-state index contributed by atoms with van der Waals surface area (Å²) in [5, 5.41) is 13.0. The van der Waals surface area contributed by atoms with Crippen molar-refractivity contribution in [1.29, 1.82) is 0 Å². The van der Waals surface area contributed by atoms with Gasteiger partial charge in [-0.1, -0.05) is 13.8 Å². The van der Waals surface area contributed by atoms with Crippen molar-refractivity contribution in [2.45, 2.75) is 39.8 Å². The molecule has 0 aromatic carbocycles. The number of aliphatic hydroxyl groups excluding tert-OH is 1. The normalized spacial score (nSPS) is 15.6. The molecule has 0 fully saturated rings. The van der Waals surface area contributed by atoms with Crippen LogP contribution in [-0.2, 0) is 0 Å². The minimum absolute atomic E-state index is 0.269. The summed E-state index contributed by atoms with van der Waals surface area (Å²) < 4.78 is 0. The Hall–Kier alpha value is -0.450. The van der Waals surface area contributed by atoms with E-state index in [1.54, 1.807) is 11.3 Å². The highest BCUT2D eigenvalue weighted by molar-refractivity contribution is 7.09. The number of rotatable bonds is 5. The Kier molecular flexibility index (Phi) is 4.70. The van der Waals surface area contributed by atoms with Crippen molar-refractivity contribution in [3.8, 4) is 0 Å². The molecule has 0 saturated carbocycles. The lowest BCUT2D eigenvalue weighted by Gasteiger charge is -2.18. The van der Waals surface area contributed by atoms with Crippen molar-refractivity contribution < 1.29 is 5.11 Å². The molecule has 1 heterocycles. The van der Waals surface area contributed by atoms with Gasteiger partial charge in [0.25, 0.3) is 0 Å². The molecule has 0 aliphatic heterocycles. The Bertz CT molecular complexity index is 299. The summed E-state index contributed by atoms with van der Waals surface area (Å²) in [7, 11) is 0. The fraction of sp³-hybridized carbons (Fsp3) is 0.727. The summed E-state index contributed by atoms with van der Waals surface area (Å²) in [6.45, 7) is 8.80. The molecule has 2 atom stereocenters. The molecule has 0 aliphatic rings. The van der Waals surface area contributed by atoms with Crippen LogP contribution in [-0.4, -0.2) is 22.7 Å². The average Bonchev–Trinajstić information content (AvgIpc) is 2.60. The second-order valence-electron chi connectivity index (χ2n) is 4.24. The Morgan fingerprint density at radius 3 is 2.60 bits per heavy atom. The maximum absolute atomic E-state index is 9.67. The first-order valence-corrected chi connectivity index (χ1v) is 6.21. The number of thiazole rings is 1. The van der Waals surface area contributed by atoms with E-state index < -0.39 is 0 Å². The van der Waals surface area contributed by atoms with E-state index in [9.17, 15) is 5.11 Å². The Morgan fingerprint density at radius 1 is 1.47 bits per heavy atom. The molecular weight excluding hydrogens is 208 g/mol. The lowest BCUT2D eigenvalue weighted by molar-refractivity contribution is 0.121. The lowest BCUT2D eigenvalue weighted by atomic mass is 10.1. The van der Waals surface area contributed by atoms with Gasteiger partial charge < -0.3 is 10.4 Å². The second kappa shape index (κ2) is 5.58. The molecule has 0 saturated heterocycles. The van der Waals surface area contributed by atoms with Crippen LogP contribution in [0.25, 0.3) is 0 Å². The second-order valence-corrected chi connectivity index (χ2v) is 5.13. The number of hydrogen-bond acceptors (Lipinski definition) is 4. The molecule has 1 aromatic heterocycles. The van der Waals surface area contributed by atoms with Gasteiger partial charge in [-0.25, -0.2) is 4.98 Å². The molecule has 15 heavy (non-hydrogen) atoms. The predicted octanol–water partition coefficient (Wildman–Crippen LogP) is 2.12. The number of hydrogen-bond donors (Lipinski definition) is 2. The van der Waals surface area contributed by atoms with Gasteiger partial charge in [0, 0.05) is 17.5 Å². The highest BCUT2D eigenvalue weighted by atomic mass is 32.1. The van der Waals surface area contributed by atoms with Gasteiger partial charge in [-0.2, -0.15) is 0 Å². The zero-order valence-corrected chi connectivity index (χ0v) is 10.6. The Morgan fingerprint density at radius 2 is 2.13 bits per heavy atom. The van der Waals surface area contributed by atoms with Crippen LogP contribution in [0.5, 0.6) is 0 Å². The summed E-state index contributed by atoms with van der Waals surface area (Å²) in [4.78, 5) is 5.47. The van der Waals surface area contributed by atoms with Gasteiger partial charge in [-0.05, 0) is 19.8 Å². The third-order valence-electron chi connectivity index (χ3n) is 2.58. The average molecular weight is 228 g/mol. The molecule has 0 aliphatic carbocycles. The van der Waals surface area contributed by atoms with Gasteiger partial charge in [0.05, 0.1) is 17.3 Å². The van der Waals surface area contributed by atoms with Crippen LogP contribution in [0.3, 0.4) is 0 Å². The molecular formula is C11H20N2OS. The van der Waals surface area contributed by atoms with E-state index in [0.717, 1.165) is 5.69 Å². The van der Waals surface area contributed by atoms with E-state index >= 15 is 0 Å². The molecule has 0 radical (unpaired) electrons. The topological polar surface area (TPSA) is 45.2 Å². The van der Waals surface area contributed by atoms with Gasteiger partial charge in [0.1, 0.15) is 0 Å². The predicted molar refractivity (Wildman–Crippen MR) is 64.1 cm³/mol. The number of aliphatic hydroxyl groups is 1. The van der Waals surface area contributed by atoms with Crippen LogP contribution < -0.4 is 5.32 Å². The molecule has 86 valence electrons. The number of aromatic nitrogens is 1. The van der Waals surface area contributed by atoms with Crippen LogP contribution in [0.2, 0.25) is 0 Å². The molecule has 0 amide bonds. The SMILES string of the molecule is Cc1ncsc1C(C)NCC(O)C(C)C. The minimum Gasteiger partial charge on any atom is -0.392 e. The van der Waals surface area contributed by atoms with Gasteiger partial charge >= 0.3 is 0 Å². The highest BCUT2D eigenvalue weighted by Crippen LogP contribution is 2.20. The number of nitrogens with zero attached hydrogens (tertiary/aromatic N) is 1. The number of nitrogens with one attached hydrogen (secondary N) is 1. The molecule has 2 N–H and O–H groups in total. The van der Waals surface area contributed by atoms with Crippen LogP contribution >= 0.6 is 11.3 Å². The van der Waals surface area contributed by atoms with Gasteiger partial charge in [0.15, 0.2) is 0 Å². The first-order chi connectivity index (χ1) is 7.02. The van der Waals surface area contributed by atoms with Crippen molar-refractivity contribution >= 4 is 11.3 Å².